The molecule has 106 valence electrons. The van der Waals surface area contributed by atoms with E-state index in [2.05, 4.69) is 13.0 Å². The first-order valence-corrected chi connectivity index (χ1v) is 8.04. The third-order valence-corrected chi connectivity index (χ3v) is 4.82. The van der Waals surface area contributed by atoms with Crippen LogP contribution in [0.2, 0.25) is 0 Å². The van der Waals surface area contributed by atoms with Crippen molar-refractivity contribution in [3.63, 3.8) is 0 Å². The van der Waals surface area contributed by atoms with Gasteiger partial charge in [0.1, 0.15) is 5.75 Å². The van der Waals surface area contributed by atoms with E-state index in [1.54, 1.807) is 0 Å². The summed E-state index contributed by atoms with van der Waals surface area (Å²) in [5, 5.41) is 10.5. The molecule has 0 radical (unpaired) electrons. The molecule has 19 heavy (non-hydrogen) atoms. The van der Waals surface area contributed by atoms with E-state index < -0.39 is 6.10 Å². The molecule has 3 nitrogen and oxygen atoms in total. The first-order valence-electron chi connectivity index (χ1n) is 6.88. The van der Waals surface area contributed by atoms with E-state index in [0.29, 0.717) is 13.2 Å². The molecule has 2 atom stereocenters. The predicted molar refractivity (Wildman–Crippen MR) is 80.8 cm³/mol. The summed E-state index contributed by atoms with van der Waals surface area (Å²) >= 11 is 1.85. The van der Waals surface area contributed by atoms with Crippen molar-refractivity contribution in [2.75, 3.05) is 24.7 Å². The molecule has 2 unspecified atom stereocenters. The lowest BCUT2D eigenvalue weighted by Gasteiger charge is -2.40. The zero-order chi connectivity index (χ0) is 13.7. The number of ether oxygens (including phenoxy) is 1. The summed E-state index contributed by atoms with van der Waals surface area (Å²) in [5.74, 6) is 2.99. The third-order valence-electron chi connectivity index (χ3n) is 3.88. The standard InChI is InChI=1S/C15H23NO2S/c1-2-19-8-7-14(17)15(10-16)9-12-5-3-4-6-13(12)18-11-15/h3-6,14,17H,2,7-11,16H2,1H3. The highest BCUT2D eigenvalue weighted by Crippen LogP contribution is 2.37. The summed E-state index contributed by atoms with van der Waals surface area (Å²) in [6.45, 7) is 3.10. The van der Waals surface area contributed by atoms with E-state index in [-0.39, 0.29) is 5.41 Å². The van der Waals surface area contributed by atoms with E-state index >= 15 is 0 Å². The maximum absolute atomic E-state index is 10.5. The van der Waals surface area contributed by atoms with Crippen molar-refractivity contribution >= 4 is 11.8 Å². The molecule has 0 amide bonds. The molecule has 0 saturated carbocycles. The number of para-hydroxylation sites is 1. The van der Waals surface area contributed by atoms with Crippen LogP contribution in [0.3, 0.4) is 0 Å². The van der Waals surface area contributed by atoms with Gasteiger partial charge >= 0.3 is 0 Å². The van der Waals surface area contributed by atoms with Crippen molar-refractivity contribution in [1.82, 2.24) is 0 Å². The Balaban J connectivity index is 2.08. The summed E-state index contributed by atoms with van der Waals surface area (Å²) in [7, 11) is 0. The highest BCUT2D eigenvalue weighted by Gasteiger charge is 2.40. The molecule has 1 aromatic carbocycles. The van der Waals surface area contributed by atoms with Crippen molar-refractivity contribution in [1.29, 1.82) is 0 Å². The van der Waals surface area contributed by atoms with E-state index in [1.807, 2.05) is 30.0 Å². The first-order chi connectivity index (χ1) is 9.22. The molecule has 0 aromatic heterocycles. The van der Waals surface area contributed by atoms with Gasteiger partial charge in [-0.05, 0) is 36.0 Å². The van der Waals surface area contributed by atoms with Gasteiger partial charge in [-0.1, -0.05) is 25.1 Å². The Morgan fingerprint density at radius 3 is 3.00 bits per heavy atom. The quantitative estimate of drug-likeness (QED) is 0.784. The van der Waals surface area contributed by atoms with E-state index in [1.165, 1.54) is 0 Å². The molecule has 0 fully saturated rings. The molecule has 3 N–H and O–H groups in total. The molecule has 1 aromatic rings. The number of fused-ring (bicyclic) bond motifs is 1. The molecule has 1 aliphatic heterocycles. The van der Waals surface area contributed by atoms with Gasteiger partial charge in [-0.15, -0.1) is 0 Å². The average Bonchev–Trinajstić information content (AvgIpc) is 2.46. The Kier molecular flexibility index (Phi) is 5.13. The number of aliphatic hydroxyl groups is 1. The SMILES string of the molecule is CCSCCC(O)C1(CN)COc2ccccc2C1. The minimum atomic E-state index is -0.398. The molecule has 1 heterocycles. The van der Waals surface area contributed by atoms with Gasteiger partial charge < -0.3 is 15.6 Å². The van der Waals surface area contributed by atoms with Crippen molar-refractivity contribution in [2.45, 2.75) is 25.9 Å². The van der Waals surface area contributed by atoms with Gasteiger partial charge in [0.05, 0.1) is 12.7 Å². The van der Waals surface area contributed by atoms with Crippen LogP contribution in [-0.4, -0.2) is 35.9 Å². The smallest absolute Gasteiger partial charge is 0.122 e. The number of thioether (sulfide) groups is 1. The summed E-state index contributed by atoms with van der Waals surface area (Å²) < 4.78 is 5.81. The van der Waals surface area contributed by atoms with Crippen LogP contribution in [0.5, 0.6) is 5.75 Å². The Morgan fingerprint density at radius 1 is 1.47 bits per heavy atom. The fourth-order valence-electron chi connectivity index (χ4n) is 2.57. The molecule has 0 saturated heterocycles. The van der Waals surface area contributed by atoms with Crippen LogP contribution in [0.4, 0.5) is 0 Å². The maximum atomic E-state index is 10.5. The molecular weight excluding hydrogens is 258 g/mol. The van der Waals surface area contributed by atoms with Crippen LogP contribution >= 0.6 is 11.8 Å². The predicted octanol–water partition coefficient (Wildman–Crippen LogP) is 2.07. The Morgan fingerprint density at radius 2 is 2.26 bits per heavy atom. The molecule has 0 spiro atoms. The number of nitrogens with two attached hydrogens (primary N) is 1. The van der Waals surface area contributed by atoms with Crippen molar-refractivity contribution in [3.8, 4) is 5.75 Å². The lowest BCUT2D eigenvalue weighted by Crippen LogP contribution is -2.50. The van der Waals surface area contributed by atoms with Crippen LogP contribution in [-0.2, 0) is 6.42 Å². The molecule has 4 heteroatoms. The lowest BCUT2D eigenvalue weighted by atomic mass is 9.75. The number of benzene rings is 1. The van der Waals surface area contributed by atoms with Crippen molar-refractivity contribution in [3.05, 3.63) is 29.8 Å². The zero-order valence-corrected chi connectivity index (χ0v) is 12.3. The minimum absolute atomic E-state index is 0.331. The second-order valence-corrected chi connectivity index (χ2v) is 6.53. The van der Waals surface area contributed by atoms with Gasteiger partial charge in [0.25, 0.3) is 0 Å². The van der Waals surface area contributed by atoms with E-state index in [9.17, 15) is 5.11 Å². The average molecular weight is 281 g/mol. The summed E-state index contributed by atoms with van der Waals surface area (Å²) in [5.41, 5.74) is 6.78. The number of hydrogen-bond donors (Lipinski definition) is 2. The van der Waals surface area contributed by atoms with Gasteiger partial charge in [-0.3, -0.25) is 0 Å². The topological polar surface area (TPSA) is 55.5 Å². The van der Waals surface area contributed by atoms with Gasteiger partial charge in [-0.2, -0.15) is 11.8 Å². The van der Waals surface area contributed by atoms with Gasteiger partial charge in [0, 0.05) is 12.0 Å². The highest BCUT2D eigenvalue weighted by molar-refractivity contribution is 7.99. The van der Waals surface area contributed by atoms with Crippen LogP contribution in [0.15, 0.2) is 24.3 Å². The molecule has 0 bridgehead atoms. The summed E-state index contributed by atoms with van der Waals surface area (Å²) in [4.78, 5) is 0. The highest BCUT2D eigenvalue weighted by atomic mass is 32.2. The number of aliphatic hydroxyl groups excluding tert-OH is 1. The second kappa shape index (κ2) is 6.64. The maximum Gasteiger partial charge on any atom is 0.122 e. The Hall–Kier alpha value is -0.710. The molecule has 0 aliphatic carbocycles. The molecule has 2 rings (SSSR count). The largest absolute Gasteiger partial charge is 0.493 e. The van der Waals surface area contributed by atoms with Gasteiger partial charge in [0.2, 0.25) is 0 Å². The zero-order valence-electron chi connectivity index (χ0n) is 11.5. The third kappa shape index (κ3) is 3.25. The van der Waals surface area contributed by atoms with Gasteiger partial charge in [0.15, 0.2) is 0 Å². The first kappa shape index (κ1) is 14.7. The summed E-state index contributed by atoms with van der Waals surface area (Å²) in [6, 6.07) is 8.03. The number of rotatable bonds is 6. The fourth-order valence-corrected chi connectivity index (χ4v) is 3.25. The van der Waals surface area contributed by atoms with Gasteiger partial charge in [-0.25, -0.2) is 0 Å². The molecular formula is C15H23NO2S. The number of hydrogen-bond acceptors (Lipinski definition) is 4. The van der Waals surface area contributed by atoms with E-state index in [4.69, 9.17) is 10.5 Å². The lowest BCUT2D eigenvalue weighted by molar-refractivity contribution is -0.0153. The minimum Gasteiger partial charge on any atom is -0.493 e. The van der Waals surface area contributed by atoms with Crippen molar-refractivity contribution in [2.24, 2.45) is 11.1 Å². The van der Waals surface area contributed by atoms with Crippen LogP contribution < -0.4 is 10.5 Å². The van der Waals surface area contributed by atoms with E-state index in [0.717, 1.165) is 35.7 Å². The van der Waals surface area contributed by atoms with Crippen molar-refractivity contribution < 1.29 is 9.84 Å². The Labute approximate surface area is 119 Å². The van der Waals surface area contributed by atoms with Crippen LogP contribution in [0.25, 0.3) is 0 Å². The van der Waals surface area contributed by atoms with Crippen LogP contribution in [0, 0.1) is 5.41 Å². The Bertz CT molecular complexity index is 413. The fraction of sp³-hybridized carbons (Fsp3) is 0.600. The summed E-state index contributed by atoms with van der Waals surface area (Å²) in [6.07, 6.45) is 1.18. The monoisotopic (exact) mass is 281 g/mol. The van der Waals surface area contributed by atoms with Crippen LogP contribution in [0.1, 0.15) is 18.9 Å². The normalized spacial score (nSPS) is 23.5. The molecule has 1 aliphatic rings. The second-order valence-electron chi connectivity index (χ2n) is 5.14.